The van der Waals surface area contributed by atoms with E-state index in [2.05, 4.69) is 19.2 Å². The Morgan fingerprint density at radius 3 is 2.60 bits per heavy atom. The van der Waals surface area contributed by atoms with Crippen LogP contribution in [0, 0.1) is 11.8 Å². The van der Waals surface area contributed by atoms with E-state index in [-0.39, 0.29) is 17.7 Å². The quantitative estimate of drug-likeness (QED) is 0.685. The molecular formula is C12H21NO2. The number of nitrogens with one attached hydrogen (secondary N) is 1. The summed E-state index contributed by atoms with van der Waals surface area (Å²) in [4.78, 5) is 22.4. The van der Waals surface area contributed by atoms with Crippen molar-refractivity contribution in [3.05, 3.63) is 0 Å². The summed E-state index contributed by atoms with van der Waals surface area (Å²) in [6.45, 7) is 4.34. The lowest BCUT2D eigenvalue weighted by Crippen LogP contribution is -2.23. The van der Waals surface area contributed by atoms with Crippen LogP contribution in [0.5, 0.6) is 0 Å². The van der Waals surface area contributed by atoms with Crippen LogP contribution in [0.1, 0.15) is 52.4 Å². The van der Waals surface area contributed by atoms with E-state index in [0.29, 0.717) is 12.3 Å². The summed E-state index contributed by atoms with van der Waals surface area (Å²) < 4.78 is 0. The zero-order valence-corrected chi connectivity index (χ0v) is 9.71. The number of amides is 2. The Morgan fingerprint density at radius 2 is 2.13 bits per heavy atom. The fourth-order valence-corrected chi connectivity index (χ4v) is 2.18. The minimum absolute atomic E-state index is 0.0562. The summed E-state index contributed by atoms with van der Waals surface area (Å²) in [6.07, 6.45) is 6.01. The molecule has 2 atom stereocenters. The fraction of sp³-hybridized carbons (Fsp3) is 0.833. The Morgan fingerprint density at radius 1 is 1.40 bits per heavy atom. The standard InChI is InChI=1S/C12H21NO2/c1-3-5-6-9(4-2)7-10-8-11(14)13-12(10)15/h9-10H,3-8H2,1-2H3,(H,13,14,15). The third-order valence-electron chi connectivity index (χ3n) is 3.23. The number of hydrogen-bond acceptors (Lipinski definition) is 2. The molecule has 0 saturated carbocycles. The summed E-state index contributed by atoms with van der Waals surface area (Å²) in [7, 11) is 0. The Balaban J connectivity index is 2.37. The molecule has 0 spiro atoms. The molecule has 1 N–H and O–H groups in total. The van der Waals surface area contributed by atoms with Crippen LogP contribution in [0.3, 0.4) is 0 Å². The predicted molar refractivity (Wildman–Crippen MR) is 59.2 cm³/mol. The maximum atomic E-state index is 11.4. The molecule has 2 unspecified atom stereocenters. The largest absolute Gasteiger partial charge is 0.296 e. The molecule has 0 radical (unpaired) electrons. The maximum Gasteiger partial charge on any atom is 0.230 e. The topological polar surface area (TPSA) is 46.2 Å². The van der Waals surface area contributed by atoms with Crippen LogP contribution in [0.2, 0.25) is 0 Å². The second-order valence-corrected chi connectivity index (χ2v) is 4.47. The van der Waals surface area contributed by atoms with Crippen LogP contribution in [0.15, 0.2) is 0 Å². The van der Waals surface area contributed by atoms with Crippen LogP contribution < -0.4 is 5.32 Å². The van der Waals surface area contributed by atoms with Crippen molar-refractivity contribution < 1.29 is 9.59 Å². The summed E-state index contributed by atoms with van der Waals surface area (Å²) in [5.74, 6) is 0.385. The van der Waals surface area contributed by atoms with Gasteiger partial charge >= 0.3 is 0 Å². The molecule has 1 heterocycles. The molecule has 15 heavy (non-hydrogen) atoms. The molecule has 1 rings (SSSR count). The number of carbonyl (C=O) groups is 2. The molecule has 0 aromatic carbocycles. The van der Waals surface area contributed by atoms with Crippen molar-refractivity contribution in [2.75, 3.05) is 0 Å². The van der Waals surface area contributed by atoms with Gasteiger partial charge in [0.2, 0.25) is 11.8 Å². The number of hydrogen-bond donors (Lipinski definition) is 1. The Labute approximate surface area is 91.6 Å². The lowest BCUT2D eigenvalue weighted by Gasteiger charge is -2.16. The molecular weight excluding hydrogens is 190 g/mol. The Hall–Kier alpha value is -0.860. The van der Waals surface area contributed by atoms with Crippen molar-refractivity contribution in [1.29, 1.82) is 0 Å². The fourth-order valence-electron chi connectivity index (χ4n) is 2.18. The second-order valence-electron chi connectivity index (χ2n) is 4.47. The van der Waals surface area contributed by atoms with Gasteiger partial charge in [-0.05, 0) is 12.3 Å². The summed E-state index contributed by atoms with van der Waals surface area (Å²) in [6, 6.07) is 0. The van der Waals surface area contributed by atoms with E-state index in [1.807, 2.05) is 0 Å². The van der Waals surface area contributed by atoms with E-state index in [0.717, 1.165) is 12.8 Å². The molecule has 0 bridgehead atoms. The van der Waals surface area contributed by atoms with E-state index >= 15 is 0 Å². The van der Waals surface area contributed by atoms with Crippen LogP contribution in [-0.4, -0.2) is 11.8 Å². The molecule has 1 aliphatic heterocycles. The van der Waals surface area contributed by atoms with E-state index in [1.54, 1.807) is 0 Å². The molecule has 1 aliphatic rings. The highest BCUT2D eigenvalue weighted by molar-refractivity contribution is 6.03. The molecule has 3 nitrogen and oxygen atoms in total. The highest BCUT2D eigenvalue weighted by Crippen LogP contribution is 2.25. The molecule has 2 amide bonds. The lowest BCUT2D eigenvalue weighted by molar-refractivity contribution is -0.126. The zero-order chi connectivity index (χ0) is 11.3. The van der Waals surface area contributed by atoms with E-state index in [1.165, 1.54) is 19.3 Å². The molecule has 3 heteroatoms. The smallest absolute Gasteiger partial charge is 0.230 e. The van der Waals surface area contributed by atoms with Crippen LogP contribution in [0.25, 0.3) is 0 Å². The first kappa shape index (κ1) is 12.2. The van der Waals surface area contributed by atoms with Crippen molar-refractivity contribution in [2.45, 2.75) is 52.4 Å². The van der Waals surface area contributed by atoms with Crippen molar-refractivity contribution in [1.82, 2.24) is 5.32 Å². The zero-order valence-electron chi connectivity index (χ0n) is 9.71. The summed E-state index contributed by atoms with van der Waals surface area (Å²) >= 11 is 0. The molecule has 0 aromatic rings. The average molecular weight is 211 g/mol. The van der Waals surface area contributed by atoms with Gasteiger partial charge in [-0.3, -0.25) is 14.9 Å². The second kappa shape index (κ2) is 5.89. The van der Waals surface area contributed by atoms with Gasteiger partial charge in [-0.2, -0.15) is 0 Å². The van der Waals surface area contributed by atoms with Crippen LogP contribution >= 0.6 is 0 Å². The van der Waals surface area contributed by atoms with E-state index in [4.69, 9.17) is 0 Å². The SMILES string of the molecule is CCCCC(CC)CC1CC(=O)NC1=O. The van der Waals surface area contributed by atoms with Gasteiger partial charge in [-0.1, -0.05) is 39.5 Å². The number of carbonyl (C=O) groups excluding carboxylic acids is 2. The van der Waals surface area contributed by atoms with Crippen molar-refractivity contribution in [3.8, 4) is 0 Å². The highest BCUT2D eigenvalue weighted by Gasteiger charge is 2.31. The van der Waals surface area contributed by atoms with Gasteiger partial charge in [0.1, 0.15) is 0 Å². The number of unbranched alkanes of at least 4 members (excludes halogenated alkanes) is 1. The van der Waals surface area contributed by atoms with Gasteiger partial charge in [-0.25, -0.2) is 0 Å². The first-order chi connectivity index (χ1) is 7.17. The van der Waals surface area contributed by atoms with Gasteiger partial charge < -0.3 is 0 Å². The van der Waals surface area contributed by atoms with Gasteiger partial charge in [0.25, 0.3) is 0 Å². The molecule has 0 aromatic heterocycles. The van der Waals surface area contributed by atoms with Crippen molar-refractivity contribution in [2.24, 2.45) is 11.8 Å². The van der Waals surface area contributed by atoms with Gasteiger partial charge in [0.15, 0.2) is 0 Å². The lowest BCUT2D eigenvalue weighted by atomic mass is 9.88. The number of rotatable bonds is 6. The molecule has 0 aliphatic carbocycles. The van der Waals surface area contributed by atoms with Crippen molar-refractivity contribution >= 4 is 11.8 Å². The maximum absolute atomic E-state index is 11.4. The van der Waals surface area contributed by atoms with Gasteiger partial charge in [-0.15, -0.1) is 0 Å². The van der Waals surface area contributed by atoms with E-state index in [9.17, 15) is 9.59 Å². The van der Waals surface area contributed by atoms with E-state index < -0.39 is 0 Å². The van der Waals surface area contributed by atoms with Gasteiger partial charge in [0.05, 0.1) is 0 Å². The normalized spacial score (nSPS) is 22.9. The monoisotopic (exact) mass is 211 g/mol. The minimum atomic E-state index is -0.102. The first-order valence-electron chi connectivity index (χ1n) is 6.01. The molecule has 1 fully saturated rings. The average Bonchev–Trinajstić information content (AvgIpc) is 2.52. The third kappa shape index (κ3) is 3.65. The molecule has 86 valence electrons. The van der Waals surface area contributed by atoms with Crippen LogP contribution in [-0.2, 0) is 9.59 Å². The first-order valence-corrected chi connectivity index (χ1v) is 6.01. The predicted octanol–water partition coefficient (Wildman–Crippen LogP) is 2.26. The van der Waals surface area contributed by atoms with Crippen molar-refractivity contribution in [3.63, 3.8) is 0 Å². The Kier molecular flexibility index (Phi) is 4.79. The molecule has 1 saturated heterocycles. The summed E-state index contributed by atoms with van der Waals surface area (Å²) in [5.41, 5.74) is 0. The summed E-state index contributed by atoms with van der Waals surface area (Å²) in [5, 5.41) is 2.37. The Bertz CT molecular complexity index is 238. The van der Waals surface area contributed by atoms with Crippen LogP contribution in [0.4, 0.5) is 0 Å². The number of imide groups is 1. The highest BCUT2D eigenvalue weighted by atomic mass is 16.2. The minimum Gasteiger partial charge on any atom is -0.296 e. The van der Waals surface area contributed by atoms with Gasteiger partial charge in [0, 0.05) is 12.3 Å². The third-order valence-corrected chi connectivity index (χ3v) is 3.23.